The van der Waals surface area contributed by atoms with Gasteiger partial charge in [-0.2, -0.15) is 0 Å². The quantitative estimate of drug-likeness (QED) is 0.413. The molecule has 0 radical (unpaired) electrons. The summed E-state index contributed by atoms with van der Waals surface area (Å²) in [6.45, 7) is 0. The predicted octanol–water partition coefficient (Wildman–Crippen LogP) is 6.10. The average Bonchev–Trinajstić information content (AvgIpc) is 2.80. The Labute approximate surface area is 168 Å². The summed E-state index contributed by atoms with van der Waals surface area (Å²) >= 11 is 0. The van der Waals surface area contributed by atoms with Gasteiger partial charge < -0.3 is 5.32 Å². The Morgan fingerprint density at radius 3 is 2.31 bits per heavy atom. The van der Waals surface area contributed by atoms with Crippen LogP contribution in [-0.4, -0.2) is 15.0 Å². The van der Waals surface area contributed by atoms with E-state index in [4.69, 9.17) is 0 Å². The topological polar surface area (TPSA) is 50.7 Å². The van der Waals surface area contributed by atoms with E-state index in [1.165, 1.54) is 11.1 Å². The average molecular weight is 374 g/mol. The SMILES string of the molecule is c1ccc(-c2ccc(-c3cc(Nc4cccc5cnccc45)ncn3)cc2)cc1. The zero-order chi connectivity index (χ0) is 19.5. The van der Waals surface area contributed by atoms with Gasteiger partial charge in [-0.1, -0.05) is 66.7 Å². The third-order valence-electron chi connectivity index (χ3n) is 4.90. The summed E-state index contributed by atoms with van der Waals surface area (Å²) in [7, 11) is 0. The zero-order valence-corrected chi connectivity index (χ0v) is 15.7. The second-order valence-corrected chi connectivity index (χ2v) is 6.76. The molecule has 0 saturated heterocycles. The van der Waals surface area contributed by atoms with Gasteiger partial charge in [0.05, 0.1) is 5.69 Å². The first kappa shape index (κ1) is 17.1. The normalized spacial score (nSPS) is 10.8. The highest BCUT2D eigenvalue weighted by Crippen LogP contribution is 2.27. The highest BCUT2D eigenvalue weighted by molar-refractivity contribution is 5.94. The van der Waals surface area contributed by atoms with Crippen molar-refractivity contribution in [1.82, 2.24) is 15.0 Å². The minimum absolute atomic E-state index is 0.756. The lowest BCUT2D eigenvalue weighted by Gasteiger charge is -2.10. The molecule has 138 valence electrons. The van der Waals surface area contributed by atoms with Gasteiger partial charge in [-0.3, -0.25) is 4.98 Å². The highest BCUT2D eigenvalue weighted by atomic mass is 15.0. The molecule has 0 atom stereocenters. The van der Waals surface area contributed by atoms with Crippen molar-refractivity contribution in [2.75, 3.05) is 5.32 Å². The Bertz CT molecular complexity index is 1260. The summed E-state index contributed by atoms with van der Waals surface area (Å²) in [4.78, 5) is 13.0. The van der Waals surface area contributed by atoms with E-state index in [9.17, 15) is 0 Å². The summed E-state index contributed by atoms with van der Waals surface area (Å²) in [5.74, 6) is 0.756. The number of nitrogens with one attached hydrogen (secondary N) is 1. The molecular weight excluding hydrogens is 356 g/mol. The van der Waals surface area contributed by atoms with Crippen LogP contribution in [0.15, 0.2) is 104 Å². The fourth-order valence-electron chi connectivity index (χ4n) is 3.42. The minimum Gasteiger partial charge on any atom is -0.340 e. The zero-order valence-electron chi connectivity index (χ0n) is 15.7. The van der Waals surface area contributed by atoms with Crippen molar-refractivity contribution in [3.8, 4) is 22.4 Å². The maximum atomic E-state index is 4.45. The largest absolute Gasteiger partial charge is 0.340 e. The fraction of sp³-hybridized carbons (Fsp3) is 0. The van der Waals surface area contributed by atoms with Gasteiger partial charge in [0, 0.05) is 40.5 Å². The standard InChI is InChI=1S/C25H18N4/c1-2-5-18(6-3-1)19-9-11-20(12-10-19)24-15-25(28-17-27-24)29-23-8-4-7-21-16-26-14-13-22(21)23/h1-17H,(H,27,28,29). The van der Waals surface area contributed by atoms with E-state index in [1.54, 1.807) is 12.5 Å². The smallest absolute Gasteiger partial charge is 0.134 e. The third kappa shape index (κ3) is 3.56. The molecule has 0 aliphatic carbocycles. The number of pyridine rings is 1. The van der Waals surface area contributed by atoms with Crippen LogP contribution in [0.2, 0.25) is 0 Å². The van der Waals surface area contributed by atoms with Gasteiger partial charge in [0.1, 0.15) is 12.1 Å². The molecule has 4 heteroatoms. The van der Waals surface area contributed by atoms with Crippen LogP contribution in [0.1, 0.15) is 0 Å². The maximum absolute atomic E-state index is 4.45. The molecule has 0 saturated carbocycles. The van der Waals surface area contributed by atoms with Gasteiger partial charge in [-0.05, 0) is 23.3 Å². The molecule has 29 heavy (non-hydrogen) atoms. The summed E-state index contributed by atoms with van der Waals surface area (Å²) in [6, 6.07) is 28.9. The Morgan fingerprint density at radius 1 is 0.655 bits per heavy atom. The van der Waals surface area contributed by atoms with Crippen molar-refractivity contribution in [3.63, 3.8) is 0 Å². The van der Waals surface area contributed by atoms with Crippen molar-refractivity contribution in [1.29, 1.82) is 0 Å². The van der Waals surface area contributed by atoms with Crippen LogP contribution in [0.25, 0.3) is 33.2 Å². The molecule has 2 heterocycles. The first-order chi connectivity index (χ1) is 14.4. The molecule has 0 unspecified atom stereocenters. The lowest BCUT2D eigenvalue weighted by molar-refractivity contribution is 1.17. The van der Waals surface area contributed by atoms with E-state index in [-0.39, 0.29) is 0 Å². The van der Waals surface area contributed by atoms with E-state index < -0.39 is 0 Å². The summed E-state index contributed by atoms with van der Waals surface area (Å²) < 4.78 is 0. The van der Waals surface area contributed by atoms with Gasteiger partial charge in [-0.25, -0.2) is 9.97 Å². The first-order valence-corrected chi connectivity index (χ1v) is 9.44. The minimum atomic E-state index is 0.756. The van der Waals surface area contributed by atoms with Crippen molar-refractivity contribution < 1.29 is 0 Å². The predicted molar refractivity (Wildman–Crippen MR) is 118 cm³/mol. The van der Waals surface area contributed by atoms with Crippen molar-refractivity contribution >= 4 is 22.3 Å². The fourth-order valence-corrected chi connectivity index (χ4v) is 3.42. The van der Waals surface area contributed by atoms with Crippen molar-refractivity contribution in [2.24, 2.45) is 0 Å². The van der Waals surface area contributed by atoms with Crippen LogP contribution < -0.4 is 5.32 Å². The van der Waals surface area contributed by atoms with Crippen molar-refractivity contribution in [3.05, 3.63) is 104 Å². The Kier molecular flexibility index (Phi) is 4.43. The summed E-state index contributed by atoms with van der Waals surface area (Å²) in [5.41, 5.74) is 5.32. The Balaban J connectivity index is 1.44. The first-order valence-electron chi connectivity index (χ1n) is 9.44. The van der Waals surface area contributed by atoms with Gasteiger partial charge in [0.25, 0.3) is 0 Å². The van der Waals surface area contributed by atoms with Gasteiger partial charge in [0.15, 0.2) is 0 Å². The molecule has 1 N–H and O–H groups in total. The van der Waals surface area contributed by atoms with Crippen LogP contribution in [0.5, 0.6) is 0 Å². The molecule has 0 aliphatic rings. The number of nitrogens with zero attached hydrogens (tertiary/aromatic N) is 3. The van der Waals surface area contributed by atoms with Crippen LogP contribution >= 0.6 is 0 Å². The van der Waals surface area contributed by atoms with Crippen LogP contribution in [-0.2, 0) is 0 Å². The summed E-state index contributed by atoms with van der Waals surface area (Å²) in [5, 5.41) is 5.61. The molecule has 3 aromatic carbocycles. The van der Waals surface area contributed by atoms with E-state index in [0.717, 1.165) is 33.5 Å². The molecule has 5 aromatic rings. The Morgan fingerprint density at radius 2 is 1.45 bits per heavy atom. The lowest BCUT2D eigenvalue weighted by Crippen LogP contribution is -1.96. The maximum Gasteiger partial charge on any atom is 0.134 e. The van der Waals surface area contributed by atoms with Gasteiger partial charge in [0.2, 0.25) is 0 Å². The second-order valence-electron chi connectivity index (χ2n) is 6.76. The van der Waals surface area contributed by atoms with E-state index >= 15 is 0 Å². The molecule has 0 amide bonds. The molecule has 0 spiro atoms. The molecule has 4 nitrogen and oxygen atoms in total. The summed E-state index contributed by atoms with van der Waals surface area (Å²) in [6.07, 6.45) is 5.25. The monoisotopic (exact) mass is 374 g/mol. The van der Waals surface area contributed by atoms with E-state index in [0.29, 0.717) is 0 Å². The van der Waals surface area contributed by atoms with Gasteiger partial charge in [-0.15, -0.1) is 0 Å². The second kappa shape index (κ2) is 7.52. The number of fused-ring (bicyclic) bond motifs is 1. The van der Waals surface area contributed by atoms with Crippen LogP contribution in [0.4, 0.5) is 11.5 Å². The van der Waals surface area contributed by atoms with Gasteiger partial charge >= 0.3 is 0 Å². The molecule has 0 aliphatic heterocycles. The molecule has 2 aromatic heterocycles. The van der Waals surface area contributed by atoms with Crippen LogP contribution in [0.3, 0.4) is 0 Å². The molecular formula is C25H18N4. The van der Waals surface area contributed by atoms with Crippen LogP contribution in [0, 0.1) is 0 Å². The number of rotatable bonds is 4. The van der Waals surface area contributed by atoms with E-state index in [1.807, 2.05) is 42.6 Å². The lowest BCUT2D eigenvalue weighted by atomic mass is 10.0. The molecule has 0 fully saturated rings. The number of hydrogen-bond donors (Lipinski definition) is 1. The Hall–Kier alpha value is -4.05. The third-order valence-corrected chi connectivity index (χ3v) is 4.90. The number of hydrogen-bond acceptors (Lipinski definition) is 4. The van der Waals surface area contributed by atoms with Crippen molar-refractivity contribution in [2.45, 2.75) is 0 Å². The number of benzene rings is 3. The number of aromatic nitrogens is 3. The number of anilines is 2. The van der Waals surface area contributed by atoms with E-state index in [2.05, 4.69) is 68.8 Å². The highest BCUT2D eigenvalue weighted by Gasteiger charge is 2.06. The molecule has 5 rings (SSSR count). The molecule has 0 bridgehead atoms.